The molecule has 0 aliphatic rings. The molecule has 2 heterocycles. The molecule has 0 saturated carbocycles. The smallest absolute Gasteiger partial charge is 0.256 e. The van der Waals surface area contributed by atoms with Crippen molar-refractivity contribution in [2.24, 2.45) is 0 Å². The maximum Gasteiger partial charge on any atom is 0.256 e. The van der Waals surface area contributed by atoms with Gasteiger partial charge in [-0.3, -0.25) is 9.78 Å². The van der Waals surface area contributed by atoms with Crippen molar-refractivity contribution in [3.05, 3.63) is 55.9 Å². The molecule has 0 aliphatic heterocycles. The lowest BCUT2D eigenvalue weighted by atomic mass is 10.1. The Morgan fingerprint density at radius 2 is 2.15 bits per heavy atom. The van der Waals surface area contributed by atoms with Crippen molar-refractivity contribution in [2.45, 2.75) is 6.92 Å². The highest BCUT2D eigenvalue weighted by molar-refractivity contribution is 14.1. The van der Waals surface area contributed by atoms with Gasteiger partial charge in [0.15, 0.2) is 0 Å². The minimum absolute atomic E-state index is 0.0972. The summed E-state index contributed by atoms with van der Waals surface area (Å²) in [6.07, 6.45) is 0. The molecule has 5 heteroatoms. The van der Waals surface area contributed by atoms with Crippen LogP contribution >= 0.6 is 33.9 Å². The van der Waals surface area contributed by atoms with Crippen molar-refractivity contribution >= 4 is 56.4 Å². The summed E-state index contributed by atoms with van der Waals surface area (Å²) >= 11 is 3.77. The van der Waals surface area contributed by atoms with E-state index in [9.17, 15) is 4.79 Å². The quantitative estimate of drug-likeness (QED) is 0.652. The summed E-state index contributed by atoms with van der Waals surface area (Å²) in [6.45, 7) is 1.94. The van der Waals surface area contributed by atoms with Crippen LogP contribution in [0.3, 0.4) is 0 Å². The molecule has 0 atom stereocenters. The molecular formula is C15H11IN2OS. The van der Waals surface area contributed by atoms with E-state index >= 15 is 0 Å². The molecule has 100 valence electrons. The van der Waals surface area contributed by atoms with E-state index in [-0.39, 0.29) is 5.91 Å². The van der Waals surface area contributed by atoms with Crippen LogP contribution in [-0.2, 0) is 0 Å². The fourth-order valence-electron chi connectivity index (χ4n) is 1.97. The lowest BCUT2D eigenvalue weighted by Crippen LogP contribution is -2.11. The Hall–Kier alpha value is -1.47. The fourth-order valence-corrected chi connectivity index (χ4v) is 3.30. The Morgan fingerprint density at radius 1 is 1.30 bits per heavy atom. The summed E-state index contributed by atoms with van der Waals surface area (Å²) in [5.41, 5.74) is 3.19. The van der Waals surface area contributed by atoms with E-state index in [4.69, 9.17) is 0 Å². The standard InChI is InChI=1S/C15H11IN2OS/c1-9-5-6-10-3-2-4-12(14(10)17-9)18-15(19)11-7-13(16)20-8-11/h2-8H,1H3,(H,18,19). The first-order valence-corrected chi connectivity index (χ1v) is 8.01. The van der Waals surface area contributed by atoms with Crippen molar-refractivity contribution in [2.75, 3.05) is 5.32 Å². The normalized spacial score (nSPS) is 10.7. The second kappa shape index (κ2) is 5.49. The Bertz CT molecular complexity index is 797. The van der Waals surface area contributed by atoms with E-state index in [2.05, 4.69) is 32.9 Å². The van der Waals surface area contributed by atoms with Crippen LogP contribution in [0.2, 0.25) is 0 Å². The molecule has 1 N–H and O–H groups in total. The first-order chi connectivity index (χ1) is 9.63. The molecule has 0 radical (unpaired) electrons. The largest absolute Gasteiger partial charge is 0.320 e. The monoisotopic (exact) mass is 394 g/mol. The molecule has 0 fully saturated rings. The summed E-state index contributed by atoms with van der Waals surface area (Å²) in [5.74, 6) is -0.0972. The predicted octanol–water partition coefficient (Wildman–Crippen LogP) is 4.46. The van der Waals surface area contributed by atoms with Gasteiger partial charge in [0, 0.05) is 16.5 Å². The van der Waals surface area contributed by atoms with Gasteiger partial charge in [-0.05, 0) is 47.7 Å². The Kier molecular flexibility index (Phi) is 3.71. The number of nitrogens with one attached hydrogen (secondary N) is 1. The minimum atomic E-state index is -0.0972. The van der Waals surface area contributed by atoms with Gasteiger partial charge >= 0.3 is 0 Å². The van der Waals surface area contributed by atoms with Crippen LogP contribution < -0.4 is 5.32 Å². The molecule has 0 saturated heterocycles. The zero-order valence-electron chi connectivity index (χ0n) is 10.7. The molecule has 2 aromatic heterocycles. The Labute approximate surface area is 134 Å². The molecule has 1 amide bonds. The topological polar surface area (TPSA) is 42.0 Å². The number of nitrogens with zero attached hydrogens (tertiary/aromatic N) is 1. The van der Waals surface area contributed by atoms with E-state index < -0.39 is 0 Å². The number of hydrogen-bond acceptors (Lipinski definition) is 3. The van der Waals surface area contributed by atoms with Gasteiger partial charge in [0.25, 0.3) is 5.91 Å². The van der Waals surface area contributed by atoms with Crippen LogP contribution in [0.5, 0.6) is 0 Å². The van der Waals surface area contributed by atoms with E-state index in [1.807, 2.05) is 48.7 Å². The third-order valence-corrected chi connectivity index (χ3v) is 4.73. The first kappa shape index (κ1) is 13.5. The lowest BCUT2D eigenvalue weighted by Gasteiger charge is -2.07. The number of aryl methyl sites for hydroxylation is 1. The number of amides is 1. The number of pyridine rings is 1. The number of benzene rings is 1. The molecule has 3 nitrogen and oxygen atoms in total. The lowest BCUT2D eigenvalue weighted by molar-refractivity contribution is 0.102. The van der Waals surface area contributed by atoms with E-state index in [0.717, 1.165) is 25.2 Å². The number of rotatable bonds is 2. The molecule has 0 unspecified atom stereocenters. The average molecular weight is 394 g/mol. The maximum absolute atomic E-state index is 12.2. The maximum atomic E-state index is 12.2. The molecule has 0 spiro atoms. The van der Waals surface area contributed by atoms with Crippen LogP contribution in [0.15, 0.2) is 41.8 Å². The van der Waals surface area contributed by atoms with Crippen molar-refractivity contribution in [3.63, 3.8) is 0 Å². The van der Waals surface area contributed by atoms with Crippen LogP contribution in [0.4, 0.5) is 5.69 Å². The van der Waals surface area contributed by atoms with E-state index in [1.54, 1.807) is 11.3 Å². The van der Waals surface area contributed by atoms with Crippen molar-refractivity contribution in [1.29, 1.82) is 0 Å². The van der Waals surface area contributed by atoms with Crippen molar-refractivity contribution < 1.29 is 4.79 Å². The summed E-state index contributed by atoms with van der Waals surface area (Å²) < 4.78 is 1.10. The van der Waals surface area contributed by atoms with E-state index in [1.165, 1.54) is 0 Å². The number of carbonyl (C=O) groups is 1. The van der Waals surface area contributed by atoms with Crippen LogP contribution in [0, 0.1) is 9.81 Å². The van der Waals surface area contributed by atoms with Crippen LogP contribution in [0.25, 0.3) is 10.9 Å². The number of hydrogen-bond donors (Lipinski definition) is 1. The summed E-state index contributed by atoms with van der Waals surface area (Å²) in [6, 6.07) is 11.7. The SMILES string of the molecule is Cc1ccc2cccc(NC(=O)c3csc(I)c3)c2n1. The van der Waals surface area contributed by atoms with Crippen LogP contribution in [0.1, 0.15) is 16.1 Å². The first-order valence-electron chi connectivity index (χ1n) is 6.05. The summed E-state index contributed by atoms with van der Waals surface area (Å²) in [4.78, 5) is 16.7. The molecule has 3 aromatic rings. The number of carbonyl (C=O) groups excluding carboxylic acids is 1. The Balaban J connectivity index is 1.98. The predicted molar refractivity (Wildman–Crippen MR) is 91.5 cm³/mol. The molecule has 0 bridgehead atoms. The Morgan fingerprint density at radius 3 is 2.90 bits per heavy atom. The van der Waals surface area contributed by atoms with Gasteiger partial charge in [0.1, 0.15) is 0 Å². The van der Waals surface area contributed by atoms with Gasteiger partial charge in [-0.25, -0.2) is 0 Å². The molecular weight excluding hydrogens is 383 g/mol. The van der Waals surface area contributed by atoms with Gasteiger partial charge in [0.05, 0.1) is 19.7 Å². The van der Waals surface area contributed by atoms with Gasteiger partial charge in [-0.1, -0.05) is 18.2 Å². The highest BCUT2D eigenvalue weighted by Crippen LogP contribution is 2.23. The van der Waals surface area contributed by atoms with Crippen molar-refractivity contribution in [1.82, 2.24) is 4.98 Å². The molecule has 1 aromatic carbocycles. The zero-order chi connectivity index (χ0) is 14.1. The van der Waals surface area contributed by atoms with E-state index in [0.29, 0.717) is 5.56 Å². The van der Waals surface area contributed by atoms with Crippen molar-refractivity contribution in [3.8, 4) is 0 Å². The zero-order valence-corrected chi connectivity index (χ0v) is 13.7. The number of thiophene rings is 1. The third-order valence-electron chi connectivity index (χ3n) is 2.94. The van der Waals surface area contributed by atoms with Gasteiger partial charge in [0.2, 0.25) is 0 Å². The second-order valence-corrected chi connectivity index (χ2v) is 7.23. The molecule has 20 heavy (non-hydrogen) atoms. The molecule has 0 aliphatic carbocycles. The van der Waals surface area contributed by atoms with Gasteiger partial charge < -0.3 is 5.32 Å². The highest BCUT2D eigenvalue weighted by Gasteiger charge is 2.10. The number of halogens is 1. The van der Waals surface area contributed by atoms with Gasteiger partial charge in [-0.2, -0.15) is 0 Å². The van der Waals surface area contributed by atoms with Gasteiger partial charge in [-0.15, -0.1) is 11.3 Å². The summed E-state index contributed by atoms with van der Waals surface area (Å²) in [5, 5.41) is 5.83. The number of para-hydroxylation sites is 1. The highest BCUT2D eigenvalue weighted by atomic mass is 127. The average Bonchev–Trinajstić information content (AvgIpc) is 2.86. The number of aromatic nitrogens is 1. The molecule has 3 rings (SSSR count). The number of fused-ring (bicyclic) bond motifs is 1. The minimum Gasteiger partial charge on any atom is -0.320 e. The van der Waals surface area contributed by atoms with Crippen LogP contribution in [-0.4, -0.2) is 10.9 Å². The second-order valence-electron chi connectivity index (χ2n) is 4.42. The third kappa shape index (κ3) is 2.69. The number of anilines is 1. The fraction of sp³-hybridized carbons (Fsp3) is 0.0667. The summed E-state index contributed by atoms with van der Waals surface area (Å²) in [7, 11) is 0.